The molecule has 0 aliphatic rings. The van der Waals surface area contributed by atoms with Crippen molar-refractivity contribution in [3.05, 3.63) is 59.4 Å². The third kappa shape index (κ3) is 3.08. The molecular weight excluding hydrogens is 224 g/mol. The zero-order valence-corrected chi connectivity index (χ0v) is 10.6. The normalized spacial score (nSPS) is 10.3. The third-order valence-corrected chi connectivity index (χ3v) is 3.00. The summed E-state index contributed by atoms with van der Waals surface area (Å²) in [5, 5.41) is 12.5. The number of nitrogens with zero attached hydrogens (tertiary/aromatic N) is 1. The van der Waals surface area contributed by atoms with Crippen molar-refractivity contribution in [3.8, 4) is 0 Å². The van der Waals surface area contributed by atoms with Crippen LogP contribution in [-0.2, 0) is 19.6 Å². The first-order chi connectivity index (χ1) is 8.83. The standard InChI is InChI=1S/C15H18N2O/c1-2-12-3-5-13(6-4-12)9-17-15-10-16-8-7-14(15)11-18/h3-8,10,17-18H,2,9,11H2,1H3. The zero-order valence-electron chi connectivity index (χ0n) is 10.6. The fourth-order valence-corrected chi connectivity index (χ4v) is 1.81. The highest BCUT2D eigenvalue weighted by molar-refractivity contribution is 5.48. The Morgan fingerprint density at radius 1 is 1.11 bits per heavy atom. The van der Waals surface area contributed by atoms with Crippen LogP contribution in [0.25, 0.3) is 0 Å². The van der Waals surface area contributed by atoms with Gasteiger partial charge in [-0.1, -0.05) is 31.2 Å². The van der Waals surface area contributed by atoms with Gasteiger partial charge >= 0.3 is 0 Å². The lowest BCUT2D eigenvalue weighted by Crippen LogP contribution is -2.03. The molecule has 2 aromatic rings. The summed E-state index contributed by atoms with van der Waals surface area (Å²) < 4.78 is 0. The zero-order chi connectivity index (χ0) is 12.8. The number of hydrogen-bond acceptors (Lipinski definition) is 3. The summed E-state index contributed by atoms with van der Waals surface area (Å²) in [4.78, 5) is 4.06. The molecule has 0 fully saturated rings. The van der Waals surface area contributed by atoms with Crippen LogP contribution >= 0.6 is 0 Å². The molecule has 0 saturated heterocycles. The molecule has 18 heavy (non-hydrogen) atoms. The molecule has 0 spiro atoms. The van der Waals surface area contributed by atoms with Gasteiger partial charge in [-0.15, -0.1) is 0 Å². The molecule has 1 aromatic heterocycles. The molecule has 3 heteroatoms. The lowest BCUT2D eigenvalue weighted by molar-refractivity contribution is 0.282. The second-order valence-corrected chi connectivity index (χ2v) is 4.21. The minimum absolute atomic E-state index is 0.0274. The van der Waals surface area contributed by atoms with Crippen molar-refractivity contribution in [2.45, 2.75) is 26.5 Å². The average Bonchev–Trinajstić information content (AvgIpc) is 2.46. The molecule has 2 N–H and O–H groups in total. The van der Waals surface area contributed by atoms with Crippen molar-refractivity contribution >= 4 is 5.69 Å². The van der Waals surface area contributed by atoms with Crippen LogP contribution in [0.2, 0.25) is 0 Å². The first kappa shape index (κ1) is 12.6. The fraction of sp³-hybridized carbons (Fsp3) is 0.267. The van der Waals surface area contributed by atoms with Crippen LogP contribution in [-0.4, -0.2) is 10.1 Å². The van der Waals surface area contributed by atoms with Crippen molar-refractivity contribution in [2.24, 2.45) is 0 Å². The summed E-state index contributed by atoms with van der Waals surface area (Å²) in [6.07, 6.45) is 4.49. The summed E-state index contributed by atoms with van der Waals surface area (Å²) in [6, 6.07) is 10.4. The SMILES string of the molecule is CCc1ccc(CNc2cnccc2CO)cc1. The van der Waals surface area contributed by atoms with Gasteiger partial charge in [-0.25, -0.2) is 0 Å². The Bertz CT molecular complexity index is 494. The number of anilines is 1. The van der Waals surface area contributed by atoms with E-state index in [0.717, 1.165) is 24.2 Å². The van der Waals surface area contributed by atoms with Gasteiger partial charge in [-0.05, 0) is 23.6 Å². The number of pyridine rings is 1. The largest absolute Gasteiger partial charge is 0.392 e. The maximum Gasteiger partial charge on any atom is 0.0703 e. The first-order valence-electron chi connectivity index (χ1n) is 6.19. The Hall–Kier alpha value is -1.87. The Kier molecular flexibility index (Phi) is 4.31. The predicted octanol–water partition coefficient (Wildman–Crippen LogP) is 2.75. The monoisotopic (exact) mass is 242 g/mol. The quantitative estimate of drug-likeness (QED) is 0.847. The van der Waals surface area contributed by atoms with Crippen LogP contribution in [0, 0.1) is 0 Å². The molecule has 0 unspecified atom stereocenters. The van der Waals surface area contributed by atoms with Crippen LogP contribution < -0.4 is 5.32 Å². The van der Waals surface area contributed by atoms with Crippen molar-refractivity contribution in [1.82, 2.24) is 4.98 Å². The molecule has 0 amide bonds. The summed E-state index contributed by atoms with van der Waals surface area (Å²) in [7, 11) is 0. The van der Waals surface area contributed by atoms with Gasteiger partial charge in [-0.2, -0.15) is 0 Å². The molecule has 2 rings (SSSR count). The van der Waals surface area contributed by atoms with Gasteiger partial charge in [0, 0.05) is 18.3 Å². The number of hydrogen-bond donors (Lipinski definition) is 2. The van der Waals surface area contributed by atoms with E-state index in [1.807, 2.05) is 6.07 Å². The van der Waals surface area contributed by atoms with Crippen LogP contribution in [0.15, 0.2) is 42.7 Å². The van der Waals surface area contributed by atoms with Gasteiger partial charge < -0.3 is 10.4 Å². The minimum Gasteiger partial charge on any atom is -0.392 e. The first-order valence-corrected chi connectivity index (χ1v) is 6.19. The van der Waals surface area contributed by atoms with Crippen LogP contribution in [0.5, 0.6) is 0 Å². The van der Waals surface area contributed by atoms with Crippen molar-refractivity contribution in [1.29, 1.82) is 0 Å². The lowest BCUT2D eigenvalue weighted by Gasteiger charge is -2.10. The summed E-state index contributed by atoms with van der Waals surface area (Å²) in [5.74, 6) is 0. The van der Waals surface area contributed by atoms with Gasteiger partial charge in [0.1, 0.15) is 0 Å². The Morgan fingerprint density at radius 3 is 2.50 bits per heavy atom. The molecule has 3 nitrogen and oxygen atoms in total. The molecule has 0 radical (unpaired) electrons. The highest BCUT2D eigenvalue weighted by atomic mass is 16.3. The van der Waals surface area contributed by atoms with E-state index in [0.29, 0.717) is 0 Å². The van der Waals surface area contributed by atoms with Gasteiger partial charge in [0.2, 0.25) is 0 Å². The molecule has 0 aliphatic heterocycles. The fourth-order valence-electron chi connectivity index (χ4n) is 1.81. The number of nitrogens with one attached hydrogen (secondary N) is 1. The van der Waals surface area contributed by atoms with E-state index in [4.69, 9.17) is 0 Å². The molecule has 0 saturated carbocycles. The molecule has 94 valence electrons. The number of aliphatic hydroxyl groups is 1. The van der Waals surface area contributed by atoms with Crippen LogP contribution in [0.4, 0.5) is 5.69 Å². The van der Waals surface area contributed by atoms with E-state index in [-0.39, 0.29) is 6.61 Å². The van der Waals surface area contributed by atoms with E-state index >= 15 is 0 Å². The van der Waals surface area contributed by atoms with E-state index in [1.54, 1.807) is 12.4 Å². The predicted molar refractivity (Wildman–Crippen MR) is 73.3 cm³/mol. The smallest absolute Gasteiger partial charge is 0.0703 e. The van der Waals surface area contributed by atoms with E-state index in [1.165, 1.54) is 11.1 Å². The molecule has 0 aliphatic carbocycles. The van der Waals surface area contributed by atoms with Crippen molar-refractivity contribution in [2.75, 3.05) is 5.32 Å². The van der Waals surface area contributed by atoms with Gasteiger partial charge in [-0.3, -0.25) is 4.98 Å². The minimum atomic E-state index is 0.0274. The topological polar surface area (TPSA) is 45.2 Å². The van der Waals surface area contributed by atoms with Crippen molar-refractivity contribution < 1.29 is 5.11 Å². The Labute approximate surface area is 108 Å². The highest BCUT2D eigenvalue weighted by Gasteiger charge is 2.00. The third-order valence-electron chi connectivity index (χ3n) is 3.00. The van der Waals surface area contributed by atoms with E-state index in [2.05, 4.69) is 41.5 Å². The van der Waals surface area contributed by atoms with Gasteiger partial charge in [0.05, 0.1) is 18.5 Å². The second-order valence-electron chi connectivity index (χ2n) is 4.21. The average molecular weight is 242 g/mol. The molecule has 1 aromatic carbocycles. The maximum absolute atomic E-state index is 9.22. The van der Waals surface area contributed by atoms with Crippen LogP contribution in [0.1, 0.15) is 23.6 Å². The van der Waals surface area contributed by atoms with Crippen LogP contribution in [0.3, 0.4) is 0 Å². The second kappa shape index (κ2) is 6.17. The number of benzene rings is 1. The number of aliphatic hydroxyl groups excluding tert-OH is 1. The Morgan fingerprint density at radius 2 is 1.83 bits per heavy atom. The number of aromatic nitrogens is 1. The molecule has 0 bridgehead atoms. The lowest BCUT2D eigenvalue weighted by atomic mass is 10.1. The number of rotatable bonds is 5. The van der Waals surface area contributed by atoms with Gasteiger partial charge in [0.25, 0.3) is 0 Å². The molecule has 1 heterocycles. The highest BCUT2D eigenvalue weighted by Crippen LogP contribution is 2.14. The summed E-state index contributed by atoms with van der Waals surface area (Å²) in [6.45, 7) is 2.92. The summed E-state index contributed by atoms with van der Waals surface area (Å²) >= 11 is 0. The van der Waals surface area contributed by atoms with E-state index in [9.17, 15) is 5.11 Å². The number of aryl methyl sites for hydroxylation is 1. The maximum atomic E-state index is 9.22. The Balaban J connectivity index is 2.02. The summed E-state index contributed by atoms with van der Waals surface area (Å²) in [5.41, 5.74) is 4.32. The van der Waals surface area contributed by atoms with Crippen molar-refractivity contribution in [3.63, 3.8) is 0 Å². The molecule has 0 atom stereocenters. The molecular formula is C15H18N2O. The van der Waals surface area contributed by atoms with Gasteiger partial charge in [0.15, 0.2) is 0 Å². The van der Waals surface area contributed by atoms with E-state index < -0.39 is 0 Å².